The Morgan fingerprint density at radius 1 is 0.311 bits per heavy atom. The van der Waals surface area contributed by atoms with Gasteiger partial charge in [-0.2, -0.15) is 0 Å². The average Bonchev–Trinajstić information content (AvgIpc) is 0.766. The van der Waals surface area contributed by atoms with Crippen LogP contribution in [0.4, 0.5) is 0 Å². The Hall–Kier alpha value is -5.06. The highest BCUT2D eigenvalue weighted by Crippen LogP contribution is 2.42. The number of carboxylic acid groups (broad SMARTS) is 1. The van der Waals surface area contributed by atoms with Crippen LogP contribution in [-0.2, 0) is 119 Å². The van der Waals surface area contributed by atoms with Crippen LogP contribution in [0.3, 0.4) is 0 Å². The normalized spacial score (nSPS) is 47.2. The summed E-state index contributed by atoms with van der Waals surface area (Å²) < 4.78 is 113. The van der Waals surface area contributed by atoms with Crippen molar-refractivity contribution >= 4 is 35.5 Å². The molecule has 0 aromatic carbocycles. The number of nitrogens with one attached hydrogen (secondary N) is 5. The molecule has 59 nitrogen and oxygen atoms in total. The second-order valence-corrected chi connectivity index (χ2v) is 33.2. The summed E-state index contributed by atoms with van der Waals surface area (Å²) in [5, 5.41) is 336. The van der Waals surface area contributed by atoms with Crippen molar-refractivity contribution in [2.45, 2.75) is 353 Å². The van der Waals surface area contributed by atoms with Crippen molar-refractivity contribution in [3.63, 3.8) is 0 Å². The summed E-state index contributed by atoms with van der Waals surface area (Å²) in [5.41, 5.74) is 0. The molecule has 10 aliphatic rings. The number of hydrogen-bond acceptors (Lipinski definition) is 53. The van der Waals surface area contributed by atoms with Gasteiger partial charge in [-0.1, -0.05) is 0 Å². The molecule has 10 heterocycles. The lowest BCUT2D eigenvalue weighted by atomic mass is 9.88. The van der Waals surface area contributed by atoms with Gasteiger partial charge in [0.2, 0.25) is 29.5 Å². The van der Waals surface area contributed by atoms with E-state index in [2.05, 4.69) is 26.6 Å². The van der Waals surface area contributed by atoms with Gasteiger partial charge in [-0.05, 0) is 0 Å². The molecule has 762 valence electrons. The van der Waals surface area contributed by atoms with Gasteiger partial charge >= 0.3 is 5.97 Å². The van der Waals surface area contributed by atoms with E-state index in [0.717, 1.165) is 34.6 Å². The molecule has 5 amide bonds. The van der Waals surface area contributed by atoms with E-state index in [4.69, 9.17) is 90.0 Å². The first-order chi connectivity index (χ1) is 62.3. The van der Waals surface area contributed by atoms with Crippen LogP contribution in [0.25, 0.3) is 0 Å². The maximum atomic E-state index is 13.2. The number of ether oxygens (including phenoxy) is 19. The van der Waals surface area contributed by atoms with Crippen molar-refractivity contribution in [1.29, 1.82) is 0 Å². The summed E-state index contributed by atoms with van der Waals surface area (Å²) in [6.07, 6.45) is -99.2. The minimum Gasteiger partial charge on any atom is -0.477 e. The van der Waals surface area contributed by atoms with Crippen LogP contribution in [-0.4, -0.2) is 562 Å². The summed E-state index contributed by atoms with van der Waals surface area (Å²) in [6, 6.07) is -9.42. The second-order valence-electron chi connectivity index (χ2n) is 33.2. The predicted molar refractivity (Wildman–Crippen MR) is 405 cm³/mol. The molecule has 51 atom stereocenters. The van der Waals surface area contributed by atoms with Gasteiger partial charge in [0.15, 0.2) is 56.6 Å². The van der Waals surface area contributed by atoms with E-state index in [9.17, 15) is 177 Å². The van der Waals surface area contributed by atoms with Gasteiger partial charge in [0.25, 0.3) is 5.79 Å². The lowest BCUT2D eigenvalue weighted by molar-refractivity contribution is -0.399. The van der Waals surface area contributed by atoms with Gasteiger partial charge < -0.3 is 265 Å². The zero-order chi connectivity index (χ0) is 97.6. The van der Waals surface area contributed by atoms with Gasteiger partial charge in [-0.25, -0.2) is 4.79 Å². The van der Waals surface area contributed by atoms with Crippen molar-refractivity contribution < 1.29 is 267 Å². The van der Waals surface area contributed by atoms with Crippen LogP contribution in [0.5, 0.6) is 0 Å². The van der Waals surface area contributed by atoms with E-state index in [1.165, 1.54) is 0 Å². The van der Waals surface area contributed by atoms with E-state index in [1.54, 1.807) is 0 Å². The lowest BCUT2D eigenvalue weighted by Gasteiger charge is -2.51. The fraction of sp³-hybridized carbons (Fsp3) is 0.918. The van der Waals surface area contributed by atoms with Gasteiger partial charge in [0, 0.05) is 41.0 Å². The van der Waals surface area contributed by atoms with Crippen LogP contribution in [0.2, 0.25) is 0 Å². The van der Waals surface area contributed by atoms with Crippen LogP contribution in [0.15, 0.2) is 0 Å². The third-order valence-corrected chi connectivity index (χ3v) is 23.8. The van der Waals surface area contributed by atoms with Crippen molar-refractivity contribution in [3.8, 4) is 0 Å². The zero-order valence-corrected chi connectivity index (χ0v) is 70.8. The SMILES string of the molecule is CC(=O)N[C@@H]1[C@@H](O)[C@H](O[C@@H]2O[C@H](CO)[C@@H](O[C@@H]3O[C@H](CO[C@H]4O[C@H](CO)[C@@H](O)[C@H](O)[C@@H]4O[C@@H]4O[C@H](CO)[C@@H](O[C@@H]5O[C@H](CO[C@]6(C(=O)O)C[C@H](O)[C@@H](NC(C)=O)[C@H]([C@H](O)[C@H](O)CO)O6)[C@H](O)[C@H](O)[C@H]5O)[C@H](O)[C@H]4NC(C)=O)[C@@H](O)[C@H](O[C@H]4O[C@H](CO)[C@@H](O)[C@H](O)[C@@H]4O[C@@H]4O[C@H](CO)[C@@H](O[C@@H]5O[C@H](CO)[C@H](O)[C@H](O)[C@H]5O)[C@H](O)[C@H]4NC(C)=O)[C@@H]3O)[C@H](O)[C@H]2NC(C)=O)[C@@H](CO)O[C@H]1O. The average molecular weight is 1930 g/mol. The van der Waals surface area contributed by atoms with Crippen LogP contribution in [0.1, 0.15) is 41.0 Å². The molecule has 34 N–H and O–H groups in total. The summed E-state index contributed by atoms with van der Waals surface area (Å²) >= 11 is 0. The van der Waals surface area contributed by atoms with E-state index in [-0.39, 0.29) is 0 Å². The standard InChI is InChI=1S/C73H121N5O54/c1-17(87)74-33-22(92)6-73(72(112)113,132-59(33)38(94)23(93)7-79)115-16-32-42(98)49(105)53(109)68(124-32)127-57-29(13-85)121-65(36(46(57)102)77-20(4)90)130-61-50(106)40(96)25(9-81)118-70(61)114-15-31-43(99)60(54(110)69(123-31)128-58-30(14-86)120-64(35(45(58)101)76-19(3)89)125-55-27(11-83)116-63(111)34(44(55)100)75-18(2)88)129-71-62(51(107)41(97)26(10-82)119-71)131-66-37(78-21(5)91)47(103)56(28(12-84)122-66)126-67-52(108)48(104)39(95)24(8-80)117-67/h22-71,79-86,92-111H,6-16H2,1-5H3,(H,74,87)(H,75,88)(H,76,89)(H,77,90)(H,78,91)(H,112,113)/t22-,23+,24+,25+,26+,27+,28+,29+,30+,31+,32+,33+,34+,35+,36+,37+,38+,39-,40+,41+,42-,43+,44+,45+,46+,47+,48-,49-,50-,51-,52+,53+,54-,55+,56+,57+,58+,59+,60-,61-,62-,63+,64-,65-,66-,67-,68-,69-,70-,71+,73+/m0/s1. The van der Waals surface area contributed by atoms with Gasteiger partial charge in [-0.15, -0.1) is 0 Å². The lowest BCUT2D eigenvalue weighted by Crippen LogP contribution is -2.71. The molecule has 0 aromatic heterocycles. The Labute approximate surface area is 746 Å². The van der Waals surface area contributed by atoms with E-state index in [1.807, 2.05) is 0 Å². The molecule has 10 saturated heterocycles. The number of carbonyl (C=O) groups excluding carboxylic acids is 5. The molecule has 10 fully saturated rings. The number of carbonyl (C=O) groups is 6. The molecular formula is C73H121N5O54. The number of amides is 5. The molecule has 0 saturated carbocycles. The van der Waals surface area contributed by atoms with Crippen molar-refractivity contribution in [2.75, 3.05) is 66.1 Å². The maximum absolute atomic E-state index is 13.2. The van der Waals surface area contributed by atoms with Gasteiger partial charge in [0.1, 0.15) is 238 Å². The molecule has 0 radical (unpaired) electrons. The molecule has 0 bridgehead atoms. The summed E-state index contributed by atoms with van der Waals surface area (Å²) in [4.78, 5) is 76.7. The number of aliphatic carboxylic acids is 1. The number of rotatable bonds is 36. The first-order valence-corrected chi connectivity index (χ1v) is 41.8. The quantitative estimate of drug-likeness (QED) is 0.0277. The number of carboxylic acids is 1. The van der Waals surface area contributed by atoms with E-state index >= 15 is 0 Å². The summed E-state index contributed by atoms with van der Waals surface area (Å²) in [7, 11) is 0. The van der Waals surface area contributed by atoms with Crippen molar-refractivity contribution in [2.24, 2.45) is 0 Å². The smallest absolute Gasteiger partial charge is 0.364 e. The first-order valence-electron chi connectivity index (χ1n) is 41.8. The Morgan fingerprint density at radius 3 is 1.01 bits per heavy atom. The predicted octanol–water partition coefficient (Wildman–Crippen LogP) is -22.9. The Balaban J connectivity index is 0.953. The van der Waals surface area contributed by atoms with Crippen LogP contribution >= 0.6 is 0 Å². The van der Waals surface area contributed by atoms with Crippen LogP contribution < -0.4 is 26.6 Å². The molecule has 0 unspecified atom stereocenters. The summed E-state index contributed by atoms with van der Waals surface area (Å²) in [5.74, 6) is -9.82. The number of aliphatic hydroxyl groups is 28. The third kappa shape index (κ3) is 24.1. The fourth-order valence-electron chi connectivity index (χ4n) is 16.9. The zero-order valence-electron chi connectivity index (χ0n) is 70.8. The van der Waals surface area contributed by atoms with E-state index in [0.29, 0.717) is 0 Å². The molecular weight excluding hydrogens is 1810 g/mol. The summed E-state index contributed by atoms with van der Waals surface area (Å²) in [6.45, 7) is -7.14. The second kappa shape index (κ2) is 47.3. The number of hydrogen-bond donors (Lipinski definition) is 34. The van der Waals surface area contributed by atoms with Gasteiger partial charge in [-0.3, -0.25) is 24.0 Å². The van der Waals surface area contributed by atoms with Gasteiger partial charge in [0.05, 0.1) is 78.2 Å². The minimum atomic E-state index is -3.10. The molecule has 10 aliphatic heterocycles. The van der Waals surface area contributed by atoms with E-state index < -0.39 is 420 Å². The minimum absolute atomic E-state index is 0.814. The highest BCUT2D eigenvalue weighted by Gasteiger charge is 2.63. The topological polar surface area (TPSA) is 925 Å². The Kier molecular flexibility index (Phi) is 39.0. The van der Waals surface area contributed by atoms with Crippen molar-refractivity contribution in [1.82, 2.24) is 26.6 Å². The van der Waals surface area contributed by atoms with Crippen molar-refractivity contribution in [3.05, 3.63) is 0 Å². The largest absolute Gasteiger partial charge is 0.477 e. The highest BCUT2D eigenvalue weighted by atomic mass is 16.8. The Bertz CT molecular complexity index is 3680. The monoisotopic (exact) mass is 1930 g/mol. The molecule has 10 rings (SSSR count). The highest BCUT2D eigenvalue weighted by molar-refractivity contribution is 5.77. The van der Waals surface area contributed by atoms with Crippen LogP contribution in [0, 0.1) is 0 Å². The molecule has 0 aromatic rings. The number of aliphatic hydroxyl groups excluding tert-OH is 28. The fourth-order valence-corrected chi connectivity index (χ4v) is 16.9. The molecule has 0 spiro atoms. The first kappa shape index (κ1) is 109. The maximum Gasteiger partial charge on any atom is 0.364 e. The Morgan fingerprint density at radius 2 is 0.614 bits per heavy atom. The molecule has 59 heteroatoms. The molecule has 132 heavy (non-hydrogen) atoms. The third-order valence-electron chi connectivity index (χ3n) is 23.8. The molecule has 0 aliphatic carbocycles.